The predicted octanol–water partition coefficient (Wildman–Crippen LogP) is 2.13. The highest BCUT2D eigenvalue weighted by molar-refractivity contribution is 5.77. The Morgan fingerprint density at radius 2 is 1.88 bits per heavy atom. The van der Waals surface area contributed by atoms with E-state index in [0.717, 1.165) is 39.1 Å². The summed E-state index contributed by atoms with van der Waals surface area (Å²) in [6, 6.07) is 7.59. The number of hydrogen-bond acceptors (Lipinski definition) is 3. The molecule has 0 bridgehead atoms. The number of carbonyl (C=O) groups is 1. The molecule has 24 heavy (non-hydrogen) atoms. The van der Waals surface area contributed by atoms with Gasteiger partial charge in [0.15, 0.2) is 0 Å². The van der Waals surface area contributed by atoms with Crippen LogP contribution in [0.2, 0.25) is 0 Å². The van der Waals surface area contributed by atoms with E-state index in [1.165, 1.54) is 12.1 Å². The summed E-state index contributed by atoms with van der Waals surface area (Å²) in [5.74, 6) is -2.31. The van der Waals surface area contributed by atoms with Gasteiger partial charge in [0.1, 0.15) is 0 Å². The molecule has 1 atom stereocenters. The molecule has 4 nitrogen and oxygen atoms in total. The van der Waals surface area contributed by atoms with E-state index in [4.69, 9.17) is 0 Å². The first-order valence-electron chi connectivity index (χ1n) is 8.28. The molecular formula is C17H24F3N3O. The molecule has 0 aromatic heterocycles. The monoisotopic (exact) mass is 343 g/mol. The number of alkyl halides is 3. The fourth-order valence-corrected chi connectivity index (χ4v) is 2.83. The number of halogens is 3. The Kier molecular flexibility index (Phi) is 7.05. The maximum absolute atomic E-state index is 13.2. The lowest BCUT2D eigenvalue weighted by Gasteiger charge is -2.27. The maximum Gasteiger partial charge on any atom is 0.396 e. The standard InChI is InChI=1S/C17H24F3N3O/c18-17(19,20)15(14-5-2-1-3-6-14)13-16(24)22-7-4-10-23-11-8-21-9-12-23/h1-3,5-6,15,21H,4,7-13H2,(H,22,24). The lowest BCUT2D eigenvalue weighted by atomic mass is 9.95. The average molecular weight is 343 g/mol. The van der Waals surface area contributed by atoms with Crippen LogP contribution in [0.3, 0.4) is 0 Å². The summed E-state index contributed by atoms with van der Waals surface area (Å²) in [7, 11) is 0. The van der Waals surface area contributed by atoms with Crippen molar-refractivity contribution in [3.63, 3.8) is 0 Å². The zero-order valence-electron chi connectivity index (χ0n) is 13.6. The van der Waals surface area contributed by atoms with Crippen LogP contribution in [0.1, 0.15) is 24.3 Å². The van der Waals surface area contributed by atoms with Crippen molar-refractivity contribution < 1.29 is 18.0 Å². The molecule has 1 aromatic rings. The molecule has 2 rings (SSSR count). The van der Waals surface area contributed by atoms with E-state index >= 15 is 0 Å². The lowest BCUT2D eigenvalue weighted by Crippen LogP contribution is -2.44. The van der Waals surface area contributed by atoms with Crippen LogP contribution in [-0.2, 0) is 4.79 Å². The zero-order chi connectivity index (χ0) is 17.4. The van der Waals surface area contributed by atoms with Gasteiger partial charge in [-0.25, -0.2) is 0 Å². The van der Waals surface area contributed by atoms with E-state index in [2.05, 4.69) is 15.5 Å². The molecule has 0 spiro atoms. The molecule has 1 aromatic carbocycles. The summed E-state index contributed by atoms with van der Waals surface area (Å²) < 4.78 is 39.6. The first-order chi connectivity index (χ1) is 11.5. The molecule has 1 aliphatic rings. The SMILES string of the molecule is O=C(CC(c1ccccc1)C(F)(F)F)NCCCN1CCNCC1. The molecule has 1 heterocycles. The van der Waals surface area contributed by atoms with Crippen molar-refractivity contribution in [2.24, 2.45) is 0 Å². The summed E-state index contributed by atoms with van der Waals surface area (Å²) in [5.41, 5.74) is 0.126. The molecule has 0 saturated carbocycles. The normalized spacial score (nSPS) is 17.5. The highest BCUT2D eigenvalue weighted by Crippen LogP contribution is 2.37. The van der Waals surface area contributed by atoms with E-state index in [9.17, 15) is 18.0 Å². The number of hydrogen-bond donors (Lipinski definition) is 2. The van der Waals surface area contributed by atoms with Crippen LogP contribution in [-0.4, -0.2) is 56.3 Å². The molecule has 7 heteroatoms. The average Bonchev–Trinajstić information content (AvgIpc) is 2.57. The number of rotatable bonds is 7. The lowest BCUT2D eigenvalue weighted by molar-refractivity contribution is -0.157. The Hall–Kier alpha value is -1.60. The van der Waals surface area contributed by atoms with Crippen molar-refractivity contribution in [1.82, 2.24) is 15.5 Å². The first kappa shape index (κ1) is 18.7. The number of benzene rings is 1. The van der Waals surface area contributed by atoms with Crippen LogP contribution in [0, 0.1) is 0 Å². The minimum absolute atomic E-state index is 0.126. The minimum atomic E-state index is -4.43. The molecule has 0 radical (unpaired) electrons. The van der Waals surface area contributed by atoms with E-state index in [1.54, 1.807) is 18.2 Å². The van der Waals surface area contributed by atoms with Crippen molar-refractivity contribution in [3.05, 3.63) is 35.9 Å². The third-order valence-electron chi connectivity index (χ3n) is 4.17. The van der Waals surface area contributed by atoms with E-state index in [0.29, 0.717) is 6.54 Å². The van der Waals surface area contributed by atoms with Gasteiger partial charge in [-0.1, -0.05) is 30.3 Å². The topological polar surface area (TPSA) is 44.4 Å². The molecule has 1 unspecified atom stereocenters. The van der Waals surface area contributed by atoms with Crippen LogP contribution in [0.5, 0.6) is 0 Å². The highest BCUT2D eigenvalue weighted by Gasteiger charge is 2.41. The smallest absolute Gasteiger partial charge is 0.356 e. The third-order valence-corrected chi connectivity index (χ3v) is 4.17. The fourth-order valence-electron chi connectivity index (χ4n) is 2.83. The molecule has 1 saturated heterocycles. The molecular weight excluding hydrogens is 319 g/mol. The second-order valence-corrected chi connectivity index (χ2v) is 6.00. The van der Waals surface area contributed by atoms with Crippen molar-refractivity contribution in [2.45, 2.75) is 24.9 Å². The van der Waals surface area contributed by atoms with Crippen molar-refractivity contribution >= 4 is 5.91 Å². The maximum atomic E-state index is 13.2. The van der Waals surface area contributed by atoms with Crippen LogP contribution < -0.4 is 10.6 Å². The Bertz CT molecular complexity index is 502. The third kappa shape index (κ3) is 6.13. The van der Waals surface area contributed by atoms with E-state index in [1.807, 2.05) is 0 Å². The Morgan fingerprint density at radius 1 is 1.21 bits per heavy atom. The van der Waals surface area contributed by atoms with Crippen LogP contribution >= 0.6 is 0 Å². The largest absolute Gasteiger partial charge is 0.396 e. The van der Waals surface area contributed by atoms with Crippen molar-refractivity contribution in [3.8, 4) is 0 Å². The number of amides is 1. The molecule has 1 amide bonds. The van der Waals surface area contributed by atoms with Crippen molar-refractivity contribution in [1.29, 1.82) is 0 Å². The van der Waals surface area contributed by atoms with Gasteiger partial charge in [-0.3, -0.25) is 4.79 Å². The quantitative estimate of drug-likeness (QED) is 0.746. The Balaban J connectivity index is 1.76. The summed E-state index contributed by atoms with van der Waals surface area (Å²) in [6.45, 7) is 5.11. The second-order valence-electron chi connectivity index (χ2n) is 6.00. The number of piperazine rings is 1. The van der Waals surface area contributed by atoms with Gasteiger partial charge >= 0.3 is 6.18 Å². The fraction of sp³-hybridized carbons (Fsp3) is 0.588. The van der Waals surface area contributed by atoms with Gasteiger partial charge < -0.3 is 15.5 Å². The van der Waals surface area contributed by atoms with E-state index < -0.39 is 24.4 Å². The van der Waals surface area contributed by atoms with Gasteiger partial charge in [0, 0.05) is 39.1 Å². The number of carbonyl (C=O) groups excluding carboxylic acids is 1. The van der Waals surface area contributed by atoms with Crippen molar-refractivity contribution in [2.75, 3.05) is 39.3 Å². The summed E-state index contributed by atoms with van der Waals surface area (Å²) in [5, 5.41) is 5.87. The summed E-state index contributed by atoms with van der Waals surface area (Å²) in [6.07, 6.45) is -4.26. The molecule has 2 N–H and O–H groups in total. The summed E-state index contributed by atoms with van der Waals surface area (Å²) >= 11 is 0. The van der Waals surface area contributed by atoms with Gasteiger partial charge in [-0.15, -0.1) is 0 Å². The minimum Gasteiger partial charge on any atom is -0.356 e. The van der Waals surface area contributed by atoms with E-state index in [-0.39, 0.29) is 5.56 Å². The van der Waals surface area contributed by atoms with Gasteiger partial charge in [0.05, 0.1) is 5.92 Å². The van der Waals surface area contributed by atoms with Crippen LogP contribution in [0.4, 0.5) is 13.2 Å². The summed E-state index contributed by atoms with van der Waals surface area (Å²) in [4.78, 5) is 14.2. The second kappa shape index (κ2) is 9.03. The highest BCUT2D eigenvalue weighted by atomic mass is 19.4. The van der Waals surface area contributed by atoms with Gasteiger partial charge in [-0.2, -0.15) is 13.2 Å². The van der Waals surface area contributed by atoms with Gasteiger partial charge in [0.2, 0.25) is 5.91 Å². The van der Waals surface area contributed by atoms with Gasteiger partial charge in [0.25, 0.3) is 0 Å². The number of nitrogens with one attached hydrogen (secondary N) is 2. The molecule has 134 valence electrons. The molecule has 1 fully saturated rings. The zero-order valence-corrected chi connectivity index (χ0v) is 13.6. The van der Waals surface area contributed by atoms with Crippen LogP contribution in [0.15, 0.2) is 30.3 Å². The first-order valence-corrected chi connectivity index (χ1v) is 8.28. The predicted molar refractivity (Wildman–Crippen MR) is 86.8 cm³/mol. The Morgan fingerprint density at radius 3 is 2.50 bits per heavy atom. The molecule has 0 aliphatic carbocycles. The van der Waals surface area contributed by atoms with Crippen LogP contribution in [0.25, 0.3) is 0 Å². The van der Waals surface area contributed by atoms with Gasteiger partial charge in [-0.05, 0) is 18.5 Å². The number of nitrogens with zero attached hydrogens (tertiary/aromatic N) is 1. The Labute approximate surface area is 140 Å². The molecule has 1 aliphatic heterocycles.